The van der Waals surface area contributed by atoms with Crippen LogP contribution in [0.25, 0.3) is 0 Å². The highest BCUT2D eigenvalue weighted by molar-refractivity contribution is 7.86. The minimum Gasteiger partial charge on any atom is -0.324 e. The fourth-order valence-electron chi connectivity index (χ4n) is 1.78. The molecule has 2 atom stereocenters. The van der Waals surface area contributed by atoms with E-state index < -0.39 is 16.0 Å². The van der Waals surface area contributed by atoms with Crippen molar-refractivity contribution in [1.82, 2.24) is 0 Å². The molecule has 0 heterocycles. The van der Waals surface area contributed by atoms with E-state index in [0.717, 1.165) is 0 Å². The van der Waals surface area contributed by atoms with E-state index in [-0.39, 0.29) is 5.91 Å². The number of hydrogen-bond acceptors (Lipinski definition) is 3. The molecule has 1 N–H and O–H groups in total. The van der Waals surface area contributed by atoms with Crippen LogP contribution < -0.4 is 5.32 Å². The van der Waals surface area contributed by atoms with Crippen molar-refractivity contribution in [3.8, 4) is 6.07 Å². The molecule has 0 spiro atoms. The monoisotopic (exact) mass is 298 g/mol. The van der Waals surface area contributed by atoms with Gasteiger partial charge in [0.25, 0.3) is 0 Å². The van der Waals surface area contributed by atoms with Crippen molar-refractivity contribution in [2.45, 2.75) is 17.1 Å². The van der Waals surface area contributed by atoms with E-state index >= 15 is 0 Å². The van der Waals surface area contributed by atoms with Crippen LogP contribution in [0.15, 0.2) is 59.5 Å². The van der Waals surface area contributed by atoms with E-state index in [1.165, 1.54) is 0 Å². The molecule has 1 amide bonds. The molecule has 0 aliphatic carbocycles. The lowest BCUT2D eigenvalue weighted by Crippen LogP contribution is -2.29. The molecule has 0 radical (unpaired) electrons. The molecule has 0 aliphatic heterocycles. The minimum atomic E-state index is -1.44. The molecule has 0 bridgehead atoms. The Kier molecular flexibility index (Phi) is 4.85. The summed E-state index contributed by atoms with van der Waals surface area (Å²) in [6.07, 6.45) is 0. The Morgan fingerprint density at radius 2 is 1.76 bits per heavy atom. The van der Waals surface area contributed by atoms with E-state index in [9.17, 15) is 9.00 Å². The normalized spacial score (nSPS) is 13.0. The molecule has 2 aromatic carbocycles. The van der Waals surface area contributed by atoms with Gasteiger partial charge in [-0.25, -0.2) is 0 Å². The van der Waals surface area contributed by atoms with Gasteiger partial charge in [-0.15, -0.1) is 0 Å². The van der Waals surface area contributed by atoms with Crippen molar-refractivity contribution in [1.29, 1.82) is 5.26 Å². The number of hydrogen-bond donors (Lipinski definition) is 1. The fourth-order valence-corrected chi connectivity index (χ4v) is 2.87. The number of carbonyl (C=O) groups is 1. The second-order valence-electron chi connectivity index (χ2n) is 4.40. The molecule has 0 aromatic heterocycles. The van der Waals surface area contributed by atoms with Gasteiger partial charge in [0, 0.05) is 4.90 Å². The Morgan fingerprint density at radius 3 is 2.43 bits per heavy atom. The number of rotatable bonds is 4. The topological polar surface area (TPSA) is 70.0 Å². The van der Waals surface area contributed by atoms with Crippen LogP contribution in [0.4, 0.5) is 5.69 Å². The van der Waals surface area contributed by atoms with Crippen molar-refractivity contribution in [2.75, 3.05) is 5.32 Å². The predicted octanol–water partition coefficient (Wildman–Crippen LogP) is 2.69. The van der Waals surface area contributed by atoms with Crippen molar-refractivity contribution >= 4 is 22.4 Å². The summed E-state index contributed by atoms with van der Waals surface area (Å²) in [5, 5.41) is 10.9. The Bertz CT molecular complexity index is 708. The molecule has 0 saturated heterocycles. The summed E-state index contributed by atoms with van der Waals surface area (Å²) in [4.78, 5) is 12.8. The molecule has 0 fully saturated rings. The lowest BCUT2D eigenvalue weighted by molar-refractivity contribution is -0.115. The van der Waals surface area contributed by atoms with Gasteiger partial charge in [-0.2, -0.15) is 5.26 Å². The lowest BCUT2D eigenvalue weighted by atomic mass is 10.2. The zero-order valence-electron chi connectivity index (χ0n) is 11.4. The largest absolute Gasteiger partial charge is 0.324 e. The summed E-state index contributed by atoms with van der Waals surface area (Å²) >= 11 is 0. The highest BCUT2D eigenvalue weighted by atomic mass is 32.2. The van der Waals surface area contributed by atoms with Crippen LogP contribution in [0, 0.1) is 11.3 Å². The van der Waals surface area contributed by atoms with Gasteiger partial charge in [0.15, 0.2) is 0 Å². The Morgan fingerprint density at radius 1 is 1.14 bits per heavy atom. The van der Waals surface area contributed by atoms with Gasteiger partial charge >= 0.3 is 0 Å². The Balaban J connectivity index is 2.14. The molecule has 106 valence electrons. The van der Waals surface area contributed by atoms with Crippen molar-refractivity contribution < 1.29 is 9.00 Å². The molecule has 0 saturated carbocycles. The number of benzene rings is 2. The zero-order chi connectivity index (χ0) is 15.2. The summed E-state index contributed by atoms with van der Waals surface area (Å²) in [5.41, 5.74) is 0.811. The maximum absolute atomic E-state index is 12.3. The standard InChI is InChI=1S/C16H14N2O2S/c1-12(21(20)14-8-3-2-4-9-14)16(19)18-15-10-6-5-7-13(15)11-17/h2-10,12H,1H3,(H,18,19). The summed E-state index contributed by atoms with van der Waals surface area (Å²) in [6.45, 7) is 1.60. The molecule has 2 rings (SSSR count). The third-order valence-corrected chi connectivity index (χ3v) is 4.56. The predicted molar refractivity (Wildman–Crippen MR) is 82.1 cm³/mol. The highest BCUT2D eigenvalue weighted by Crippen LogP contribution is 2.16. The number of nitrogens with zero attached hydrogens (tertiary/aromatic N) is 1. The SMILES string of the molecule is CC(C(=O)Nc1ccccc1C#N)S(=O)c1ccccc1. The molecule has 4 nitrogen and oxygen atoms in total. The van der Waals surface area contributed by atoms with Gasteiger partial charge in [-0.3, -0.25) is 9.00 Å². The molecule has 0 aliphatic rings. The number of amides is 1. The second kappa shape index (κ2) is 6.82. The van der Waals surface area contributed by atoms with Crippen LogP contribution in [0.2, 0.25) is 0 Å². The quantitative estimate of drug-likeness (QED) is 0.943. The third kappa shape index (κ3) is 3.56. The summed E-state index contributed by atoms with van der Waals surface area (Å²) in [6, 6.07) is 17.6. The van der Waals surface area contributed by atoms with E-state index in [0.29, 0.717) is 16.1 Å². The van der Waals surface area contributed by atoms with Crippen molar-refractivity contribution in [3.63, 3.8) is 0 Å². The summed E-state index contributed by atoms with van der Waals surface area (Å²) in [5.74, 6) is -0.375. The maximum Gasteiger partial charge on any atom is 0.240 e. The first-order chi connectivity index (χ1) is 10.1. The van der Waals surface area contributed by atoms with Gasteiger partial charge in [-0.1, -0.05) is 30.3 Å². The van der Waals surface area contributed by atoms with Crippen LogP contribution in [-0.4, -0.2) is 15.4 Å². The third-order valence-electron chi connectivity index (χ3n) is 2.97. The Labute approximate surface area is 125 Å². The van der Waals surface area contributed by atoms with Gasteiger partial charge < -0.3 is 5.32 Å². The van der Waals surface area contributed by atoms with Crippen LogP contribution >= 0.6 is 0 Å². The smallest absolute Gasteiger partial charge is 0.240 e. The van der Waals surface area contributed by atoms with Gasteiger partial charge in [0.2, 0.25) is 5.91 Å². The van der Waals surface area contributed by atoms with E-state index in [2.05, 4.69) is 5.32 Å². The summed E-state index contributed by atoms with van der Waals surface area (Å²) < 4.78 is 12.3. The second-order valence-corrected chi connectivity index (χ2v) is 6.17. The van der Waals surface area contributed by atoms with E-state index in [1.54, 1.807) is 55.5 Å². The highest BCUT2D eigenvalue weighted by Gasteiger charge is 2.22. The number of anilines is 1. The molecular formula is C16H14N2O2S. The molecule has 2 aromatic rings. The molecule has 5 heteroatoms. The van der Waals surface area contributed by atoms with Crippen LogP contribution in [0.1, 0.15) is 12.5 Å². The first-order valence-corrected chi connectivity index (χ1v) is 7.60. The fraction of sp³-hybridized carbons (Fsp3) is 0.125. The lowest BCUT2D eigenvalue weighted by Gasteiger charge is -2.13. The van der Waals surface area contributed by atoms with Crippen molar-refractivity contribution in [3.05, 3.63) is 60.2 Å². The number of carbonyl (C=O) groups excluding carboxylic acids is 1. The molecular weight excluding hydrogens is 284 g/mol. The van der Waals surface area contributed by atoms with Crippen LogP contribution in [-0.2, 0) is 15.6 Å². The van der Waals surface area contributed by atoms with Gasteiger partial charge in [0.05, 0.1) is 22.1 Å². The minimum absolute atomic E-state index is 0.375. The van der Waals surface area contributed by atoms with Crippen molar-refractivity contribution in [2.24, 2.45) is 0 Å². The number of nitrogens with one attached hydrogen (secondary N) is 1. The average molecular weight is 298 g/mol. The van der Waals surface area contributed by atoms with E-state index in [1.807, 2.05) is 12.1 Å². The zero-order valence-corrected chi connectivity index (χ0v) is 12.3. The first-order valence-electron chi connectivity index (χ1n) is 6.39. The number of nitriles is 1. The summed E-state index contributed by atoms with van der Waals surface area (Å²) in [7, 11) is -1.44. The molecule has 2 unspecified atom stereocenters. The van der Waals surface area contributed by atoms with Gasteiger partial charge in [-0.05, 0) is 31.2 Å². The first kappa shape index (κ1) is 14.9. The maximum atomic E-state index is 12.3. The average Bonchev–Trinajstić information content (AvgIpc) is 2.54. The molecule has 21 heavy (non-hydrogen) atoms. The Hall–Kier alpha value is -2.45. The van der Waals surface area contributed by atoms with Crippen LogP contribution in [0.3, 0.4) is 0 Å². The van der Waals surface area contributed by atoms with E-state index in [4.69, 9.17) is 5.26 Å². The van der Waals surface area contributed by atoms with Crippen LogP contribution in [0.5, 0.6) is 0 Å². The number of para-hydroxylation sites is 1. The van der Waals surface area contributed by atoms with Gasteiger partial charge in [0.1, 0.15) is 11.3 Å².